The molecule has 2 aliphatic heterocycles. The molecule has 9 nitrogen and oxygen atoms in total. The molecule has 1 amide bonds. The van der Waals surface area contributed by atoms with Crippen LogP contribution in [0.2, 0.25) is 0 Å². The molecule has 0 aliphatic carbocycles. The standard InChI is InChI=1S/C19H17N3O6/c1-24-18-9-16(28-21-18)13-3-2-6-22(13)19(23)12-8-15(27-20-12)11-4-5-14-17(7-11)26-10-25-14/h4-5,7-9,13H,2-3,6,10H2,1H3. The molecule has 2 aromatic heterocycles. The molecule has 1 unspecified atom stereocenters. The number of amides is 1. The van der Waals surface area contributed by atoms with Crippen molar-refractivity contribution in [2.24, 2.45) is 0 Å². The van der Waals surface area contributed by atoms with Crippen LogP contribution < -0.4 is 14.2 Å². The first-order valence-corrected chi connectivity index (χ1v) is 8.91. The largest absolute Gasteiger partial charge is 0.479 e. The van der Waals surface area contributed by atoms with Crippen molar-refractivity contribution >= 4 is 5.91 Å². The van der Waals surface area contributed by atoms with Crippen LogP contribution in [0.25, 0.3) is 11.3 Å². The molecule has 1 aromatic carbocycles. The van der Waals surface area contributed by atoms with E-state index in [4.69, 9.17) is 23.3 Å². The first-order valence-electron chi connectivity index (χ1n) is 8.91. The summed E-state index contributed by atoms with van der Waals surface area (Å²) in [6.07, 6.45) is 1.66. The number of methoxy groups -OCH3 is 1. The molecule has 0 saturated carbocycles. The fourth-order valence-electron chi connectivity index (χ4n) is 3.54. The van der Waals surface area contributed by atoms with E-state index in [-0.39, 0.29) is 24.4 Å². The molecule has 0 spiro atoms. The number of carbonyl (C=O) groups excluding carboxylic acids is 1. The van der Waals surface area contributed by atoms with Crippen LogP contribution in [-0.2, 0) is 0 Å². The fraction of sp³-hybridized carbons (Fsp3) is 0.316. The number of fused-ring (bicyclic) bond motifs is 1. The molecule has 4 heterocycles. The average molecular weight is 383 g/mol. The predicted molar refractivity (Wildman–Crippen MR) is 94.1 cm³/mol. The zero-order valence-corrected chi connectivity index (χ0v) is 15.1. The van der Waals surface area contributed by atoms with Gasteiger partial charge in [-0.1, -0.05) is 5.16 Å². The van der Waals surface area contributed by atoms with Gasteiger partial charge >= 0.3 is 0 Å². The zero-order valence-electron chi connectivity index (χ0n) is 15.1. The lowest BCUT2D eigenvalue weighted by Crippen LogP contribution is -2.30. The van der Waals surface area contributed by atoms with Gasteiger partial charge in [-0.15, -0.1) is 0 Å². The predicted octanol–water partition coefficient (Wildman–Crippen LogP) is 3.04. The summed E-state index contributed by atoms with van der Waals surface area (Å²) in [5, 5.41) is 7.80. The van der Waals surface area contributed by atoms with Gasteiger partial charge in [-0.25, -0.2) is 0 Å². The second-order valence-electron chi connectivity index (χ2n) is 6.57. The maximum atomic E-state index is 13.0. The first-order chi connectivity index (χ1) is 13.7. The van der Waals surface area contributed by atoms with Crippen LogP contribution in [0, 0.1) is 0 Å². The minimum atomic E-state index is -0.214. The lowest BCUT2D eigenvalue weighted by atomic mass is 10.1. The summed E-state index contributed by atoms with van der Waals surface area (Å²) in [7, 11) is 1.52. The highest BCUT2D eigenvalue weighted by Gasteiger charge is 2.35. The maximum Gasteiger partial charge on any atom is 0.276 e. The van der Waals surface area contributed by atoms with Crippen LogP contribution >= 0.6 is 0 Å². The Kier molecular flexibility index (Phi) is 3.92. The van der Waals surface area contributed by atoms with Gasteiger partial charge in [0, 0.05) is 24.2 Å². The maximum absolute atomic E-state index is 13.0. The minimum Gasteiger partial charge on any atom is -0.479 e. The summed E-state index contributed by atoms with van der Waals surface area (Å²) >= 11 is 0. The molecule has 0 radical (unpaired) electrons. The Balaban J connectivity index is 1.38. The number of benzene rings is 1. The Hall–Kier alpha value is -3.49. The highest BCUT2D eigenvalue weighted by Crippen LogP contribution is 2.37. The molecule has 0 N–H and O–H groups in total. The number of rotatable bonds is 4. The third kappa shape index (κ3) is 2.75. The van der Waals surface area contributed by atoms with E-state index in [1.54, 1.807) is 29.2 Å². The van der Waals surface area contributed by atoms with Crippen molar-refractivity contribution in [3.8, 4) is 28.7 Å². The van der Waals surface area contributed by atoms with E-state index in [2.05, 4.69) is 10.3 Å². The minimum absolute atomic E-state index is 0.196. The summed E-state index contributed by atoms with van der Waals surface area (Å²) in [6.45, 7) is 0.806. The topological polar surface area (TPSA) is 100 Å². The Morgan fingerprint density at radius 2 is 2.04 bits per heavy atom. The van der Waals surface area contributed by atoms with Crippen molar-refractivity contribution in [1.82, 2.24) is 15.2 Å². The Morgan fingerprint density at radius 3 is 2.89 bits per heavy atom. The van der Waals surface area contributed by atoms with E-state index in [0.717, 1.165) is 18.4 Å². The molecule has 0 bridgehead atoms. The summed E-state index contributed by atoms with van der Waals surface area (Å²) < 4.78 is 26.5. The van der Waals surface area contributed by atoms with Crippen LogP contribution in [0.1, 0.15) is 35.1 Å². The molecule has 1 fully saturated rings. The zero-order chi connectivity index (χ0) is 19.1. The van der Waals surface area contributed by atoms with E-state index >= 15 is 0 Å². The van der Waals surface area contributed by atoms with Crippen LogP contribution in [0.3, 0.4) is 0 Å². The van der Waals surface area contributed by atoms with E-state index < -0.39 is 0 Å². The van der Waals surface area contributed by atoms with E-state index in [1.807, 2.05) is 6.07 Å². The van der Waals surface area contributed by atoms with Gasteiger partial charge < -0.3 is 28.2 Å². The van der Waals surface area contributed by atoms with E-state index in [9.17, 15) is 4.79 Å². The molecule has 3 aromatic rings. The van der Waals surface area contributed by atoms with Crippen LogP contribution in [0.4, 0.5) is 0 Å². The van der Waals surface area contributed by atoms with Crippen LogP contribution in [-0.4, -0.2) is 41.6 Å². The van der Waals surface area contributed by atoms with Gasteiger partial charge in [-0.3, -0.25) is 4.79 Å². The summed E-state index contributed by atoms with van der Waals surface area (Å²) in [5.74, 6) is 2.58. The molecule has 28 heavy (non-hydrogen) atoms. The SMILES string of the molecule is COc1cc(C2CCCN2C(=O)c2cc(-c3ccc4c(c3)OCO4)on2)on1. The van der Waals surface area contributed by atoms with Crippen molar-refractivity contribution in [3.63, 3.8) is 0 Å². The first kappa shape index (κ1) is 16.7. The van der Waals surface area contributed by atoms with Gasteiger partial charge in [0.15, 0.2) is 28.7 Å². The molecule has 144 valence electrons. The molecule has 2 aliphatic rings. The van der Waals surface area contributed by atoms with Gasteiger partial charge in [0.25, 0.3) is 11.8 Å². The number of carbonyl (C=O) groups is 1. The average Bonchev–Trinajstić information content (AvgIpc) is 3.52. The van der Waals surface area contributed by atoms with Crippen molar-refractivity contribution in [3.05, 3.63) is 41.8 Å². The smallest absolute Gasteiger partial charge is 0.276 e. The summed E-state index contributed by atoms with van der Waals surface area (Å²) in [4.78, 5) is 14.7. The molecule has 9 heteroatoms. The Bertz CT molecular complexity index is 1030. The number of ether oxygens (including phenoxy) is 3. The van der Waals surface area contributed by atoms with Crippen molar-refractivity contribution in [2.45, 2.75) is 18.9 Å². The van der Waals surface area contributed by atoms with Crippen molar-refractivity contribution < 1.29 is 28.1 Å². The highest BCUT2D eigenvalue weighted by molar-refractivity contribution is 5.93. The molecular weight excluding hydrogens is 366 g/mol. The quantitative estimate of drug-likeness (QED) is 0.678. The van der Waals surface area contributed by atoms with Crippen molar-refractivity contribution in [2.75, 3.05) is 20.4 Å². The number of hydrogen-bond acceptors (Lipinski definition) is 8. The van der Waals surface area contributed by atoms with E-state index in [1.165, 1.54) is 7.11 Å². The second kappa shape index (κ2) is 6.59. The number of nitrogens with zero attached hydrogens (tertiary/aromatic N) is 3. The van der Waals surface area contributed by atoms with Gasteiger partial charge in [0.1, 0.15) is 0 Å². The second-order valence-corrected chi connectivity index (χ2v) is 6.57. The third-order valence-corrected chi connectivity index (χ3v) is 4.94. The van der Waals surface area contributed by atoms with Gasteiger partial charge in [0.05, 0.1) is 13.2 Å². The van der Waals surface area contributed by atoms with Crippen LogP contribution in [0.5, 0.6) is 17.4 Å². The van der Waals surface area contributed by atoms with Crippen molar-refractivity contribution in [1.29, 1.82) is 0 Å². The third-order valence-electron chi connectivity index (χ3n) is 4.94. The number of aromatic nitrogens is 2. The molecule has 1 atom stereocenters. The Morgan fingerprint density at radius 1 is 1.14 bits per heavy atom. The lowest BCUT2D eigenvalue weighted by Gasteiger charge is -2.21. The monoisotopic (exact) mass is 383 g/mol. The highest BCUT2D eigenvalue weighted by atomic mass is 16.7. The summed E-state index contributed by atoms with van der Waals surface area (Å²) in [5.41, 5.74) is 1.000. The summed E-state index contributed by atoms with van der Waals surface area (Å²) in [6, 6.07) is 8.58. The number of likely N-dealkylation sites (tertiary alicyclic amines) is 1. The molecule has 1 saturated heterocycles. The fourth-order valence-corrected chi connectivity index (χ4v) is 3.54. The van der Waals surface area contributed by atoms with Gasteiger partial charge in [0.2, 0.25) is 6.79 Å². The Labute approximate surface area is 159 Å². The van der Waals surface area contributed by atoms with Crippen LogP contribution in [0.15, 0.2) is 39.4 Å². The van der Waals surface area contributed by atoms with Gasteiger partial charge in [-0.05, 0) is 36.2 Å². The number of hydrogen-bond donors (Lipinski definition) is 0. The lowest BCUT2D eigenvalue weighted by molar-refractivity contribution is 0.0704. The molecular formula is C19H17N3O6. The van der Waals surface area contributed by atoms with E-state index in [0.29, 0.717) is 35.4 Å². The normalized spacial score (nSPS) is 17.9. The molecule has 5 rings (SSSR count). The van der Waals surface area contributed by atoms with Gasteiger partial charge in [-0.2, -0.15) is 0 Å².